The Morgan fingerprint density at radius 1 is 0.219 bits per heavy atom. The largest absolute Gasteiger partial charge is 0.456 e. The Hall–Kier alpha value is -12.6. The molecule has 0 amide bonds. The van der Waals surface area contributed by atoms with Gasteiger partial charge < -0.3 is 23.2 Å². The minimum Gasteiger partial charge on any atom is -0.456 e. The van der Waals surface area contributed by atoms with Crippen molar-refractivity contribution in [1.82, 2.24) is 4.57 Å². The minimum absolute atomic E-state index is 0.205. The molecule has 446 valence electrons. The second-order valence-corrected chi connectivity index (χ2v) is 25.5. The highest BCUT2D eigenvalue weighted by Crippen LogP contribution is 2.51. The highest BCUT2D eigenvalue weighted by atomic mass is 16.3. The molecule has 0 saturated heterocycles. The maximum absolute atomic E-state index is 6.61. The van der Waals surface area contributed by atoms with E-state index in [1.54, 1.807) is 0 Å². The molecular weight excluding hydrogens is 1170 g/mol. The first-order chi connectivity index (χ1) is 47.6. The first-order valence-electron chi connectivity index (χ1n) is 33.0. The van der Waals surface area contributed by atoms with Gasteiger partial charge in [0.25, 0.3) is 6.71 Å². The van der Waals surface area contributed by atoms with E-state index in [1.807, 2.05) is 0 Å². The van der Waals surface area contributed by atoms with E-state index in [2.05, 4.69) is 354 Å². The predicted octanol–water partition coefficient (Wildman–Crippen LogP) is 22.7. The summed E-state index contributed by atoms with van der Waals surface area (Å²) >= 11 is 0. The van der Waals surface area contributed by atoms with Crippen molar-refractivity contribution >= 4 is 123 Å². The molecule has 5 nitrogen and oxygen atoms in total. The van der Waals surface area contributed by atoms with Crippen LogP contribution in [-0.2, 0) is 0 Å². The molecule has 0 spiro atoms. The Labute approximate surface area is 554 Å². The topological polar surface area (TPSA) is 37.7 Å². The van der Waals surface area contributed by atoms with Crippen LogP contribution in [0.1, 0.15) is 0 Å². The molecule has 2 aliphatic heterocycles. The van der Waals surface area contributed by atoms with Crippen molar-refractivity contribution in [3.8, 4) is 72.4 Å². The van der Waals surface area contributed by atoms with Crippen LogP contribution in [-0.4, -0.2) is 11.3 Å². The van der Waals surface area contributed by atoms with Crippen molar-refractivity contribution in [2.24, 2.45) is 0 Å². The van der Waals surface area contributed by atoms with E-state index in [9.17, 15) is 0 Å². The third-order valence-electron chi connectivity index (χ3n) is 20.2. The normalized spacial score (nSPS) is 12.5. The van der Waals surface area contributed by atoms with Crippen molar-refractivity contribution in [2.75, 3.05) is 9.80 Å². The fourth-order valence-corrected chi connectivity index (χ4v) is 15.8. The third-order valence-corrected chi connectivity index (χ3v) is 20.2. The van der Waals surface area contributed by atoms with Gasteiger partial charge in [-0.05, 0) is 169 Å². The molecule has 15 aromatic carbocycles. The highest BCUT2D eigenvalue weighted by Gasteiger charge is 2.45. The summed E-state index contributed by atoms with van der Waals surface area (Å²) in [5.41, 5.74) is 30.7. The van der Waals surface area contributed by atoms with Crippen LogP contribution in [0.4, 0.5) is 34.1 Å². The number of rotatable bonds is 9. The second-order valence-electron chi connectivity index (χ2n) is 25.5. The van der Waals surface area contributed by atoms with E-state index in [-0.39, 0.29) is 6.71 Å². The summed E-state index contributed by atoms with van der Waals surface area (Å²) in [5.74, 6) is 0. The molecule has 0 bridgehead atoms. The lowest BCUT2D eigenvalue weighted by Crippen LogP contribution is -2.61. The lowest BCUT2D eigenvalue weighted by atomic mass is 9.33. The Kier molecular flexibility index (Phi) is 12.1. The number of furan rings is 2. The molecule has 0 atom stereocenters. The number of fused-ring (bicyclic) bond motifs is 13. The summed E-state index contributed by atoms with van der Waals surface area (Å²) in [6.45, 7) is -0.205. The van der Waals surface area contributed by atoms with E-state index in [4.69, 9.17) is 8.83 Å². The third kappa shape index (κ3) is 8.45. The van der Waals surface area contributed by atoms with Gasteiger partial charge in [0, 0.05) is 66.2 Å². The molecule has 0 radical (unpaired) electrons. The van der Waals surface area contributed by atoms with E-state index in [0.717, 1.165) is 150 Å². The molecular formula is C90H56BN3O2. The number of hydrogen-bond donors (Lipinski definition) is 0. The fraction of sp³-hybridized carbons (Fsp3) is 0. The SMILES string of the molecule is c1ccc(-c2ccc3oc4ccc(-c5ccc6c(c5)N(c5ccccc5-c5ccccc5)c5cc(-n7c8ccccc8c8ccccc87)cc7c5B6c5ccc(-c6ccc8oc9ccc(-c%10ccccc%10)cc9c8c6)cc5N7c5ccccc5-c5ccccc5)cc4c3c2)cc1. The zero-order valence-corrected chi connectivity index (χ0v) is 52.1. The Morgan fingerprint density at radius 3 is 0.948 bits per heavy atom. The monoisotopic (exact) mass is 1220 g/mol. The van der Waals surface area contributed by atoms with Crippen LogP contribution in [0.2, 0.25) is 0 Å². The van der Waals surface area contributed by atoms with Crippen LogP contribution >= 0.6 is 0 Å². The van der Waals surface area contributed by atoms with Crippen LogP contribution in [0.15, 0.2) is 349 Å². The lowest BCUT2D eigenvalue weighted by Gasteiger charge is -2.45. The summed E-state index contributed by atoms with van der Waals surface area (Å²) in [5, 5.41) is 6.76. The maximum atomic E-state index is 6.61. The fourth-order valence-electron chi connectivity index (χ4n) is 15.8. The predicted molar refractivity (Wildman–Crippen MR) is 402 cm³/mol. The smallest absolute Gasteiger partial charge is 0.252 e. The molecule has 3 aromatic heterocycles. The molecule has 96 heavy (non-hydrogen) atoms. The van der Waals surface area contributed by atoms with E-state index >= 15 is 0 Å². The van der Waals surface area contributed by atoms with E-state index in [1.165, 1.54) is 38.3 Å². The van der Waals surface area contributed by atoms with Gasteiger partial charge in [-0.3, -0.25) is 0 Å². The summed E-state index contributed by atoms with van der Waals surface area (Å²) in [7, 11) is 0. The van der Waals surface area contributed by atoms with Crippen molar-refractivity contribution in [3.63, 3.8) is 0 Å². The Balaban J connectivity index is 0.876. The molecule has 6 heteroatoms. The van der Waals surface area contributed by atoms with Crippen LogP contribution in [0.3, 0.4) is 0 Å². The molecule has 0 aliphatic carbocycles. The van der Waals surface area contributed by atoms with E-state index in [0.29, 0.717) is 0 Å². The molecule has 0 N–H and O–H groups in total. The molecule has 0 saturated carbocycles. The maximum Gasteiger partial charge on any atom is 0.252 e. The zero-order valence-electron chi connectivity index (χ0n) is 52.1. The Morgan fingerprint density at radius 2 is 0.542 bits per heavy atom. The van der Waals surface area contributed by atoms with Crippen molar-refractivity contribution < 1.29 is 8.83 Å². The lowest BCUT2D eigenvalue weighted by molar-refractivity contribution is 0.668. The molecule has 0 fully saturated rings. The van der Waals surface area contributed by atoms with Gasteiger partial charge >= 0.3 is 0 Å². The second kappa shape index (κ2) is 21.5. The van der Waals surface area contributed by atoms with Gasteiger partial charge in [-0.25, -0.2) is 0 Å². The van der Waals surface area contributed by atoms with Gasteiger partial charge in [-0.2, -0.15) is 0 Å². The van der Waals surface area contributed by atoms with Gasteiger partial charge in [0.2, 0.25) is 0 Å². The van der Waals surface area contributed by atoms with Gasteiger partial charge in [0.05, 0.1) is 28.1 Å². The average Bonchev–Trinajstić information content (AvgIpc) is 0.844. The average molecular weight is 1220 g/mol. The Bertz CT molecular complexity index is 5800. The molecule has 0 unspecified atom stereocenters. The molecule has 20 rings (SSSR count). The number of hydrogen-bond acceptors (Lipinski definition) is 4. The summed E-state index contributed by atoms with van der Waals surface area (Å²) in [6, 6.07) is 125. The number of para-hydroxylation sites is 4. The van der Waals surface area contributed by atoms with Gasteiger partial charge in [-0.1, -0.05) is 243 Å². The highest BCUT2D eigenvalue weighted by molar-refractivity contribution is 7.00. The van der Waals surface area contributed by atoms with Crippen molar-refractivity contribution in [3.05, 3.63) is 340 Å². The number of benzene rings is 15. The van der Waals surface area contributed by atoms with E-state index < -0.39 is 0 Å². The minimum atomic E-state index is -0.205. The molecule has 2 aliphatic rings. The van der Waals surface area contributed by atoms with Gasteiger partial charge in [-0.15, -0.1) is 0 Å². The zero-order chi connectivity index (χ0) is 63.0. The number of nitrogens with zero attached hydrogens (tertiary/aromatic N) is 3. The van der Waals surface area contributed by atoms with Crippen LogP contribution < -0.4 is 26.2 Å². The first-order valence-corrected chi connectivity index (χ1v) is 33.0. The quantitative estimate of drug-likeness (QED) is 0.135. The van der Waals surface area contributed by atoms with Crippen LogP contribution in [0, 0.1) is 0 Å². The number of anilines is 6. The standard InChI is InChI=1S/C90H56BN3O2/c1-5-21-57(22-6-1)61-39-45-86-72(49-61)74-51-63(41-47-88(74)95-86)65-37-43-76-82(53-65)93(78-33-17-13-29-68(78)59-25-9-3-10-26-59)84-55-67(92-80-35-19-15-31-70(80)71-32-16-20-36-81(71)92)56-85-90(84)91(76)77-44-38-66(54-83(77)94(85)79-34-18-14-30-69(79)60-27-11-4-12-28-60)64-42-48-89-75(52-64)73-50-62(40-46-87(73)96-89)58-23-7-2-8-24-58/h1-56H. The summed E-state index contributed by atoms with van der Waals surface area (Å²) in [6.07, 6.45) is 0. The summed E-state index contributed by atoms with van der Waals surface area (Å²) < 4.78 is 15.7. The first kappa shape index (κ1) is 54.0. The van der Waals surface area contributed by atoms with Crippen LogP contribution in [0.5, 0.6) is 0 Å². The van der Waals surface area contributed by atoms with Gasteiger partial charge in [0.1, 0.15) is 22.3 Å². The number of aromatic nitrogens is 1. The van der Waals surface area contributed by atoms with Crippen molar-refractivity contribution in [1.29, 1.82) is 0 Å². The molecule has 5 heterocycles. The van der Waals surface area contributed by atoms with Crippen molar-refractivity contribution in [2.45, 2.75) is 0 Å². The van der Waals surface area contributed by atoms with Crippen LogP contribution in [0.25, 0.3) is 138 Å². The van der Waals surface area contributed by atoms with Gasteiger partial charge in [0.15, 0.2) is 0 Å². The molecule has 18 aromatic rings. The summed E-state index contributed by atoms with van der Waals surface area (Å²) in [4.78, 5) is 5.19.